The molecular weight excluding hydrogens is 396 g/mol. The van der Waals surface area contributed by atoms with Gasteiger partial charge >= 0.3 is 5.84 Å². The summed E-state index contributed by atoms with van der Waals surface area (Å²) >= 11 is 5.99. The van der Waals surface area contributed by atoms with Crippen molar-refractivity contribution in [3.05, 3.63) is 114 Å². The minimum absolute atomic E-state index is 0.154. The van der Waals surface area contributed by atoms with Gasteiger partial charge in [0.15, 0.2) is 0 Å². The van der Waals surface area contributed by atoms with Gasteiger partial charge in [0, 0.05) is 16.1 Å². The summed E-state index contributed by atoms with van der Waals surface area (Å²) in [5.74, 6) is -0.0920. The van der Waals surface area contributed by atoms with Crippen LogP contribution in [0.1, 0.15) is 10.4 Å². The maximum absolute atomic E-state index is 13.2. The maximum Gasteiger partial charge on any atom is 0.421 e. The zero-order valence-corrected chi connectivity index (χ0v) is 16.7. The first-order chi connectivity index (χ1) is 14.7. The van der Waals surface area contributed by atoms with E-state index in [-0.39, 0.29) is 11.6 Å². The number of aromatic nitrogens is 2. The van der Waals surface area contributed by atoms with E-state index in [1.165, 1.54) is 4.68 Å². The summed E-state index contributed by atoms with van der Waals surface area (Å²) in [5, 5.41) is 9.65. The first kappa shape index (κ1) is 19.5. The second-order valence-electron chi connectivity index (χ2n) is 6.45. The number of carbonyl (C=O) groups excluding carboxylic acids is 1. The number of hydrazone groups is 1. The Morgan fingerprint density at radius 1 is 0.833 bits per heavy atom. The fraction of sp³-hybridized carbons (Fsp3) is 0. The highest BCUT2D eigenvalue weighted by Gasteiger charge is 2.27. The topological polar surface area (TPSA) is 58.2 Å². The molecule has 1 aromatic heterocycles. The number of Topliss-reactive ketones (excluding diaryl/α,β-unsaturated/α-hetero) is 1. The third kappa shape index (κ3) is 4.59. The Kier molecular flexibility index (Phi) is 5.92. The minimum atomic E-state index is -0.246. The first-order valence-corrected chi connectivity index (χ1v) is 9.72. The molecule has 4 aromatic rings. The molecule has 3 aromatic carbocycles. The van der Waals surface area contributed by atoms with Gasteiger partial charge < -0.3 is 0 Å². The molecule has 0 aliphatic rings. The van der Waals surface area contributed by atoms with Crippen LogP contribution in [-0.2, 0) is 0 Å². The molecule has 0 saturated heterocycles. The number of nitrogens with one attached hydrogen (secondary N) is 1. The molecule has 0 atom stereocenters. The molecule has 30 heavy (non-hydrogen) atoms. The van der Waals surface area contributed by atoms with E-state index in [2.05, 4.69) is 15.6 Å². The van der Waals surface area contributed by atoms with Crippen LogP contribution in [0.25, 0.3) is 11.3 Å². The van der Waals surface area contributed by atoms with E-state index < -0.39 is 0 Å². The van der Waals surface area contributed by atoms with Crippen molar-refractivity contribution < 1.29 is 9.48 Å². The zero-order valence-electron chi connectivity index (χ0n) is 15.9. The molecule has 0 aliphatic heterocycles. The average Bonchev–Trinajstić information content (AvgIpc) is 2.81. The summed E-state index contributed by atoms with van der Waals surface area (Å²) in [6, 6.07) is 29.5. The van der Waals surface area contributed by atoms with Crippen LogP contribution in [0.2, 0.25) is 5.02 Å². The normalized spacial score (nSPS) is 11.2. The van der Waals surface area contributed by atoms with Gasteiger partial charge in [0.1, 0.15) is 11.9 Å². The van der Waals surface area contributed by atoms with Crippen LogP contribution in [0, 0.1) is 0 Å². The van der Waals surface area contributed by atoms with Crippen LogP contribution in [0.3, 0.4) is 0 Å². The van der Waals surface area contributed by atoms with Gasteiger partial charge in [0.05, 0.1) is 10.8 Å². The Hall–Kier alpha value is -3.83. The predicted molar refractivity (Wildman–Crippen MR) is 119 cm³/mol. The van der Waals surface area contributed by atoms with Gasteiger partial charge in [-0.1, -0.05) is 82.0 Å². The van der Waals surface area contributed by atoms with Gasteiger partial charge in [-0.3, -0.25) is 4.79 Å². The number of halogens is 1. The number of carbonyl (C=O) groups is 1. The molecular formula is C24H18ClN4O+. The summed E-state index contributed by atoms with van der Waals surface area (Å²) < 4.78 is 1.48. The van der Waals surface area contributed by atoms with Gasteiger partial charge in [-0.15, -0.1) is 0 Å². The third-order valence-corrected chi connectivity index (χ3v) is 4.61. The van der Waals surface area contributed by atoms with Crippen LogP contribution in [-0.4, -0.2) is 16.7 Å². The molecule has 1 N–H and O–H groups in total. The summed E-state index contributed by atoms with van der Waals surface area (Å²) in [4.78, 5) is 13.2. The van der Waals surface area contributed by atoms with Crippen molar-refractivity contribution in [2.75, 3.05) is 5.43 Å². The lowest BCUT2D eigenvalue weighted by molar-refractivity contribution is -0.618. The largest absolute Gasteiger partial charge is 0.421 e. The Balaban J connectivity index is 1.74. The SMILES string of the molecule is O=C(C(=NNc1ccccc1)[n+]1cccc(-c2ccc(Cl)cc2)n1)c1ccccc1. The van der Waals surface area contributed by atoms with E-state index in [4.69, 9.17) is 11.6 Å². The number of rotatable bonds is 5. The van der Waals surface area contributed by atoms with Gasteiger partial charge in [0.25, 0.3) is 5.78 Å². The van der Waals surface area contributed by atoms with E-state index in [0.29, 0.717) is 16.3 Å². The monoisotopic (exact) mass is 413 g/mol. The van der Waals surface area contributed by atoms with Crippen LogP contribution in [0.4, 0.5) is 5.69 Å². The number of para-hydroxylation sites is 1. The van der Waals surface area contributed by atoms with E-state index in [0.717, 1.165) is 11.3 Å². The standard InChI is InChI=1S/C24H17ClN4O/c25-20-15-13-18(14-16-20)22-12-7-17-29(28-22)24(23(30)19-8-3-1-4-9-19)27-26-21-10-5-2-6-11-21/h1-17H/p+1. The second kappa shape index (κ2) is 9.11. The van der Waals surface area contributed by atoms with E-state index in [1.807, 2.05) is 72.8 Å². The van der Waals surface area contributed by atoms with Gasteiger partial charge in [-0.2, -0.15) is 5.43 Å². The highest BCUT2D eigenvalue weighted by atomic mass is 35.5. The molecule has 0 fully saturated rings. The average molecular weight is 414 g/mol. The Morgan fingerprint density at radius 2 is 1.50 bits per heavy atom. The molecule has 4 rings (SSSR count). The maximum atomic E-state index is 13.2. The van der Waals surface area contributed by atoms with Crippen molar-refractivity contribution in [3.8, 4) is 11.3 Å². The number of anilines is 1. The lowest BCUT2D eigenvalue weighted by atomic mass is 10.1. The minimum Gasteiger partial charge on any atom is -0.280 e. The summed E-state index contributed by atoms with van der Waals surface area (Å²) in [5.41, 5.74) is 5.83. The highest BCUT2D eigenvalue weighted by Crippen LogP contribution is 2.18. The fourth-order valence-electron chi connectivity index (χ4n) is 2.85. The molecule has 0 aliphatic carbocycles. The molecule has 0 saturated carbocycles. The molecule has 5 nitrogen and oxygen atoms in total. The molecule has 0 radical (unpaired) electrons. The van der Waals surface area contributed by atoms with Crippen LogP contribution in [0.5, 0.6) is 0 Å². The quantitative estimate of drug-likeness (QED) is 0.167. The van der Waals surface area contributed by atoms with Crippen molar-refractivity contribution in [2.45, 2.75) is 0 Å². The highest BCUT2D eigenvalue weighted by molar-refractivity contribution is 6.41. The Labute approximate surface area is 179 Å². The van der Waals surface area contributed by atoms with Crippen LogP contribution >= 0.6 is 11.6 Å². The molecule has 1 heterocycles. The van der Waals surface area contributed by atoms with Gasteiger partial charge in [-0.25, -0.2) is 0 Å². The van der Waals surface area contributed by atoms with E-state index >= 15 is 0 Å². The van der Waals surface area contributed by atoms with Crippen LogP contribution in [0.15, 0.2) is 108 Å². The molecule has 146 valence electrons. The van der Waals surface area contributed by atoms with Crippen LogP contribution < -0.4 is 10.1 Å². The molecule has 0 spiro atoms. The Bertz CT molecular complexity index is 1180. The summed E-state index contributed by atoms with van der Waals surface area (Å²) in [7, 11) is 0. The number of hydrogen-bond acceptors (Lipinski definition) is 4. The third-order valence-electron chi connectivity index (χ3n) is 4.36. The van der Waals surface area contributed by atoms with Crippen molar-refractivity contribution in [1.82, 2.24) is 5.10 Å². The van der Waals surface area contributed by atoms with Crippen molar-refractivity contribution >= 4 is 28.9 Å². The smallest absolute Gasteiger partial charge is 0.280 e. The molecule has 0 amide bonds. The number of nitrogens with zero attached hydrogens (tertiary/aromatic N) is 3. The first-order valence-electron chi connectivity index (χ1n) is 9.34. The Morgan fingerprint density at radius 3 is 2.20 bits per heavy atom. The second-order valence-corrected chi connectivity index (χ2v) is 6.89. The summed E-state index contributed by atoms with van der Waals surface area (Å²) in [6.07, 6.45) is 1.70. The summed E-state index contributed by atoms with van der Waals surface area (Å²) in [6.45, 7) is 0. The van der Waals surface area contributed by atoms with Crippen molar-refractivity contribution in [3.63, 3.8) is 0 Å². The van der Waals surface area contributed by atoms with E-state index in [1.54, 1.807) is 30.5 Å². The zero-order chi connectivity index (χ0) is 20.8. The lowest BCUT2D eigenvalue weighted by Gasteiger charge is -2.03. The molecule has 0 bridgehead atoms. The molecule has 6 heteroatoms. The van der Waals surface area contributed by atoms with Crippen molar-refractivity contribution in [1.29, 1.82) is 0 Å². The van der Waals surface area contributed by atoms with Gasteiger partial charge in [-0.05, 0) is 36.4 Å². The number of hydrogen-bond donors (Lipinski definition) is 1. The number of benzene rings is 3. The lowest BCUT2D eigenvalue weighted by Crippen LogP contribution is -2.51. The van der Waals surface area contributed by atoms with Gasteiger partial charge in [0.2, 0.25) is 0 Å². The fourth-order valence-corrected chi connectivity index (χ4v) is 2.97. The van der Waals surface area contributed by atoms with E-state index in [9.17, 15) is 4.79 Å². The molecule has 0 unspecified atom stereocenters. The number of ketones is 1. The predicted octanol–water partition coefficient (Wildman–Crippen LogP) is 4.85. The van der Waals surface area contributed by atoms with Crippen molar-refractivity contribution in [2.24, 2.45) is 5.10 Å².